The van der Waals surface area contributed by atoms with Crippen molar-refractivity contribution >= 4 is 16.9 Å². The molecule has 0 aromatic carbocycles. The number of H-pyrrole nitrogens is 1. The van der Waals surface area contributed by atoms with Crippen molar-refractivity contribution in [2.75, 3.05) is 18.0 Å². The molecule has 1 fully saturated rings. The number of nitrogens with zero attached hydrogens (tertiary/aromatic N) is 4. The average molecular weight is 360 g/mol. The van der Waals surface area contributed by atoms with Crippen LogP contribution >= 0.6 is 0 Å². The molecule has 2 N–H and O–H groups in total. The summed E-state index contributed by atoms with van der Waals surface area (Å²) in [5, 5.41) is 18.7. The number of aromatic amines is 1. The number of anilines is 1. The summed E-state index contributed by atoms with van der Waals surface area (Å²) in [5.74, 6) is 1.83. The van der Waals surface area contributed by atoms with Crippen molar-refractivity contribution in [1.29, 1.82) is 0 Å². The Hall–Kier alpha value is -2.47. The smallest absolute Gasteiger partial charge is 0.181 e. The molecule has 1 saturated heterocycles. The van der Waals surface area contributed by atoms with Crippen molar-refractivity contribution in [2.45, 2.75) is 32.8 Å². The van der Waals surface area contributed by atoms with Crippen LogP contribution in [0.4, 0.5) is 5.82 Å². The fourth-order valence-corrected chi connectivity index (χ4v) is 3.85. The first-order valence-corrected chi connectivity index (χ1v) is 9.31. The maximum Gasteiger partial charge on any atom is 0.181 e. The van der Waals surface area contributed by atoms with E-state index in [1.165, 1.54) is 0 Å². The number of fused-ring (bicyclic) bond motifs is 1. The van der Waals surface area contributed by atoms with Crippen molar-refractivity contribution < 1.29 is 10.8 Å². The minimum absolute atomic E-state index is 0. The normalized spacial score (nSPS) is 20.8. The maximum atomic E-state index is 10.3. The second kappa shape index (κ2) is 7.03. The molecule has 0 amide bonds. The van der Waals surface area contributed by atoms with Crippen molar-refractivity contribution in [3.8, 4) is 11.4 Å². The van der Waals surface area contributed by atoms with Gasteiger partial charge in [0.1, 0.15) is 5.82 Å². The second-order valence-corrected chi connectivity index (χ2v) is 7.55. The molecule has 4 heterocycles. The zero-order chi connectivity index (χ0) is 18.1. The third kappa shape index (κ3) is 3.29. The Morgan fingerprint density at radius 2 is 2.19 bits per heavy atom. The molecule has 3 aromatic heterocycles. The van der Waals surface area contributed by atoms with E-state index in [1.807, 2.05) is 30.3 Å². The van der Waals surface area contributed by atoms with Gasteiger partial charge in [-0.05, 0) is 43.0 Å². The highest BCUT2D eigenvalue weighted by Gasteiger charge is 2.29. The van der Waals surface area contributed by atoms with Gasteiger partial charge in [0.15, 0.2) is 5.65 Å². The summed E-state index contributed by atoms with van der Waals surface area (Å²) in [6.45, 7) is 6.10. The van der Waals surface area contributed by atoms with Crippen LogP contribution in [0.25, 0.3) is 22.4 Å². The lowest BCUT2D eigenvalue weighted by molar-refractivity contribution is 0.0764. The molecule has 1 aliphatic rings. The van der Waals surface area contributed by atoms with E-state index in [4.69, 9.17) is 4.98 Å². The number of rotatable bonds is 4. The van der Waals surface area contributed by atoms with E-state index >= 15 is 0 Å². The standard InChI is InChI=1S/C20H25N5O.4H2/c1-13(2)11-14-12-25(10-8-17(14)26)18-7-3-6-16(22-18)19-15-5-4-9-21-20(15)24-23-19;;;;/h3-7,9,13-14,17,26H,8,10-12H2,1-2H3,(H,21,23,24);4*1H/t14-,17+;;;;/m0..../s1. The van der Waals surface area contributed by atoms with Gasteiger partial charge >= 0.3 is 0 Å². The first-order valence-electron chi connectivity index (χ1n) is 9.31. The molecule has 0 radical (unpaired) electrons. The minimum Gasteiger partial charge on any atom is -0.393 e. The zero-order valence-corrected chi connectivity index (χ0v) is 15.3. The molecule has 26 heavy (non-hydrogen) atoms. The highest BCUT2D eigenvalue weighted by atomic mass is 16.3. The Balaban J connectivity index is 0.00000210. The van der Waals surface area contributed by atoms with Crippen molar-refractivity contribution in [3.63, 3.8) is 0 Å². The summed E-state index contributed by atoms with van der Waals surface area (Å²) < 4.78 is 0. The number of hydrogen-bond acceptors (Lipinski definition) is 5. The number of pyridine rings is 2. The van der Waals surface area contributed by atoms with Gasteiger partial charge in [0.2, 0.25) is 0 Å². The molecule has 1 aliphatic heterocycles. The summed E-state index contributed by atoms with van der Waals surface area (Å²) in [4.78, 5) is 11.4. The Morgan fingerprint density at radius 1 is 1.31 bits per heavy atom. The number of aromatic nitrogens is 4. The van der Waals surface area contributed by atoms with E-state index in [1.54, 1.807) is 6.20 Å². The number of piperidine rings is 1. The monoisotopic (exact) mass is 359 g/mol. The summed E-state index contributed by atoms with van der Waals surface area (Å²) in [6.07, 6.45) is 3.36. The molecule has 4 rings (SSSR count). The van der Waals surface area contributed by atoms with Gasteiger partial charge in [-0.15, -0.1) is 0 Å². The van der Waals surface area contributed by atoms with Gasteiger partial charge in [0.25, 0.3) is 0 Å². The number of nitrogens with one attached hydrogen (secondary N) is 1. The highest BCUT2D eigenvalue weighted by Crippen LogP contribution is 2.29. The van der Waals surface area contributed by atoms with Crippen LogP contribution in [0.15, 0.2) is 36.5 Å². The third-order valence-corrected chi connectivity index (χ3v) is 5.11. The van der Waals surface area contributed by atoms with Crippen LogP contribution in [0.3, 0.4) is 0 Å². The van der Waals surface area contributed by atoms with Gasteiger partial charge in [-0.25, -0.2) is 9.97 Å². The number of aliphatic hydroxyl groups is 1. The minimum atomic E-state index is -0.209. The van der Waals surface area contributed by atoms with Crippen molar-refractivity contribution in [2.24, 2.45) is 11.8 Å². The first-order chi connectivity index (χ1) is 12.6. The molecule has 0 saturated carbocycles. The lowest BCUT2D eigenvalue weighted by Gasteiger charge is -2.37. The SMILES string of the molecule is CC(C)C[C@H]1CN(c2cccc(-c3[nH]nc4ncccc34)n2)CC[C@H]1O.[HH].[HH].[HH].[HH]. The Morgan fingerprint density at radius 3 is 3.04 bits per heavy atom. The summed E-state index contributed by atoms with van der Waals surface area (Å²) >= 11 is 0. The molecule has 3 aromatic rings. The maximum absolute atomic E-state index is 10.3. The van der Waals surface area contributed by atoms with Gasteiger partial charge < -0.3 is 10.0 Å². The summed E-state index contributed by atoms with van der Waals surface area (Å²) in [7, 11) is 0. The van der Waals surface area contributed by atoms with Gasteiger partial charge in [0.05, 0.1) is 17.5 Å². The van der Waals surface area contributed by atoms with Gasteiger partial charge in [-0.2, -0.15) is 5.10 Å². The van der Waals surface area contributed by atoms with Crippen LogP contribution in [-0.2, 0) is 0 Å². The van der Waals surface area contributed by atoms with E-state index < -0.39 is 0 Å². The molecule has 2 atom stereocenters. The van der Waals surface area contributed by atoms with E-state index in [-0.39, 0.29) is 11.8 Å². The lowest BCUT2D eigenvalue weighted by atomic mass is 9.87. The van der Waals surface area contributed by atoms with E-state index in [0.29, 0.717) is 17.5 Å². The predicted octanol–water partition coefficient (Wildman–Crippen LogP) is 4.24. The van der Waals surface area contributed by atoms with E-state index in [2.05, 4.69) is 33.9 Å². The summed E-state index contributed by atoms with van der Waals surface area (Å²) in [5.41, 5.74) is 2.46. The Labute approximate surface area is 159 Å². The second-order valence-electron chi connectivity index (χ2n) is 7.55. The van der Waals surface area contributed by atoms with Crippen molar-refractivity contribution in [3.05, 3.63) is 36.5 Å². The largest absolute Gasteiger partial charge is 0.393 e. The topological polar surface area (TPSA) is 77.9 Å². The first kappa shape index (κ1) is 17.0. The van der Waals surface area contributed by atoms with Gasteiger partial charge in [-0.3, -0.25) is 5.10 Å². The fourth-order valence-electron chi connectivity index (χ4n) is 3.85. The Bertz CT molecular complexity index is 908. The predicted molar refractivity (Wildman–Crippen MR) is 111 cm³/mol. The molecule has 0 unspecified atom stereocenters. The quantitative estimate of drug-likeness (QED) is 0.728. The highest BCUT2D eigenvalue weighted by molar-refractivity contribution is 5.89. The Kier molecular flexibility index (Phi) is 4.59. The van der Waals surface area contributed by atoms with Gasteiger partial charge in [0, 0.05) is 36.3 Å². The van der Waals surface area contributed by atoms with Crippen LogP contribution in [0.2, 0.25) is 0 Å². The van der Waals surface area contributed by atoms with Crippen LogP contribution < -0.4 is 4.90 Å². The fraction of sp³-hybridized carbons (Fsp3) is 0.450. The van der Waals surface area contributed by atoms with Crippen molar-refractivity contribution in [1.82, 2.24) is 20.2 Å². The molecule has 0 bridgehead atoms. The average Bonchev–Trinajstić information content (AvgIpc) is 3.07. The van der Waals surface area contributed by atoms with Crippen LogP contribution in [0.5, 0.6) is 0 Å². The van der Waals surface area contributed by atoms with Crippen LogP contribution in [0.1, 0.15) is 32.4 Å². The van der Waals surface area contributed by atoms with Crippen LogP contribution in [-0.4, -0.2) is 44.5 Å². The molecular weight excluding hydrogens is 326 g/mol. The number of aliphatic hydroxyl groups excluding tert-OH is 1. The van der Waals surface area contributed by atoms with E-state index in [9.17, 15) is 5.11 Å². The molecule has 0 aliphatic carbocycles. The molecule has 0 spiro atoms. The molecule has 6 heteroatoms. The number of hydrogen-bond donors (Lipinski definition) is 2. The molecular formula is C20H33N5O. The third-order valence-electron chi connectivity index (χ3n) is 5.11. The lowest BCUT2D eigenvalue weighted by Crippen LogP contribution is -2.44. The molecule has 6 nitrogen and oxygen atoms in total. The van der Waals surface area contributed by atoms with Crippen LogP contribution in [0, 0.1) is 11.8 Å². The molecule has 144 valence electrons. The summed E-state index contributed by atoms with van der Waals surface area (Å²) in [6, 6.07) is 9.99. The van der Waals surface area contributed by atoms with E-state index in [0.717, 1.165) is 48.5 Å². The van der Waals surface area contributed by atoms with Gasteiger partial charge in [-0.1, -0.05) is 19.9 Å². The zero-order valence-electron chi connectivity index (χ0n) is 15.3.